The molecule has 1 N–H and O–H groups in total. The van der Waals surface area contributed by atoms with Crippen LogP contribution in [0.5, 0.6) is 0 Å². The molecule has 138 valence electrons. The molecule has 2 heterocycles. The summed E-state index contributed by atoms with van der Waals surface area (Å²) in [5.74, 6) is 0.0621. The summed E-state index contributed by atoms with van der Waals surface area (Å²) in [6.45, 7) is 2.86. The normalized spacial score (nSPS) is 14.1. The second kappa shape index (κ2) is 7.27. The molecule has 0 saturated carbocycles. The van der Waals surface area contributed by atoms with Crippen LogP contribution >= 0.6 is 0 Å². The van der Waals surface area contributed by atoms with Crippen molar-refractivity contribution in [1.82, 2.24) is 0 Å². The number of nitrogens with zero attached hydrogens (tertiary/aromatic N) is 1. The van der Waals surface area contributed by atoms with Gasteiger partial charge in [-0.2, -0.15) is 0 Å². The predicted octanol–water partition coefficient (Wildman–Crippen LogP) is 4.30. The van der Waals surface area contributed by atoms with Crippen molar-refractivity contribution >= 4 is 34.2 Å². The molecular formula is C22H22N2O3. The topological polar surface area (TPSA) is 62.6 Å². The average Bonchev–Trinajstić information content (AvgIpc) is 3.28. The number of furan rings is 1. The van der Waals surface area contributed by atoms with E-state index >= 15 is 0 Å². The number of anilines is 2. The fourth-order valence-electron chi connectivity index (χ4n) is 3.51. The van der Waals surface area contributed by atoms with Crippen molar-refractivity contribution in [3.05, 3.63) is 59.9 Å². The van der Waals surface area contributed by atoms with Gasteiger partial charge in [0.05, 0.1) is 12.7 Å². The minimum absolute atomic E-state index is 0.0951. The quantitative estimate of drug-likeness (QED) is 0.736. The first kappa shape index (κ1) is 17.3. The molecular weight excluding hydrogens is 340 g/mol. The molecule has 0 spiro atoms. The number of benzene rings is 2. The summed E-state index contributed by atoms with van der Waals surface area (Å²) in [5, 5.41) is 3.89. The van der Waals surface area contributed by atoms with Gasteiger partial charge in [-0.05, 0) is 48.7 Å². The molecule has 5 nitrogen and oxygen atoms in total. The number of carbonyl (C=O) groups excluding carboxylic acids is 2. The number of fused-ring (bicyclic) bond motifs is 1. The SMILES string of the molecule is CCc1ccc2c(CC(=O)Nc3ccc(N4CCCC4=O)cc3)coc2c1. The zero-order valence-corrected chi connectivity index (χ0v) is 15.3. The lowest BCUT2D eigenvalue weighted by atomic mass is 10.1. The molecule has 27 heavy (non-hydrogen) atoms. The van der Waals surface area contributed by atoms with Gasteiger partial charge in [-0.25, -0.2) is 0 Å². The summed E-state index contributed by atoms with van der Waals surface area (Å²) in [4.78, 5) is 26.0. The van der Waals surface area contributed by atoms with E-state index in [1.807, 2.05) is 36.4 Å². The molecule has 0 unspecified atom stereocenters. The lowest BCUT2D eigenvalue weighted by molar-refractivity contribution is -0.117. The molecule has 2 aromatic carbocycles. The first-order chi connectivity index (χ1) is 13.1. The van der Waals surface area contributed by atoms with Crippen LogP contribution in [0.3, 0.4) is 0 Å². The zero-order valence-electron chi connectivity index (χ0n) is 15.3. The lowest BCUT2D eigenvalue weighted by Crippen LogP contribution is -2.23. The third kappa shape index (κ3) is 3.58. The van der Waals surface area contributed by atoms with Gasteiger partial charge in [-0.1, -0.05) is 19.1 Å². The standard InChI is InChI=1S/C22H22N2O3/c1-2-15-5-10-19-16(14-27-20(19)12-15)13-21(25)23-17-6-8-18(9-7-17)24-11-3-4-22(24)26/h5-10,12,14H,2-4,11,13H2,1H3,(H,23,25). The Morgan fingerprint density at radius 1 is 1.19 bits per heavy atom. The maximum atomic E-state index is 12.4. The van der Waals surface area contributed by atoms with Gasteiger partial charge in [0.25, 0.3) is 0 Å². The van der Waals surface area contributed by atoms with Crippen LogP contribution in [0.25, 0.3) is 11.0 Å². The first-order valence-corrected chi connectivity index (χ1v) is 9.33. The Balaban J connectivity index is 1.43. The molecule has 1 aromatic heterocycles. The molecule has 2 amide bonds. The minimum Gasteiger partial charge on any atom is -0.464 e. The summed E-state index contributed by atoms with van der Waals surface area (Å²) in [5.41, 5.74) is 4.50. The number of carbonyl (C=O) groups is 2. The molecule has 3 aromatic rings. The van der Waals surface area contributed by atoms with Gasteiger partial charge >= 0.3 is 0 Å². The van der Waals surface area contributed by atoms with Crippen molar-refractivity contribution in [2.24, 2.45) is 0 Å². The third-order valence-corrected chi connectivity index (χ3v) is 5.02. The van der Waals surface area contributed by atoms with Crippen LogP contribution in [0, 0.1) is 0 Å². The van der Waals surface area contributed by atoms with Gasteiger partial charge in [0.1, 0.15) is 5.58 Å². The van der Waals surface area contributed by atoms with Crippen LogP contribution in [0.2, 0.25) is 0 Å². The number of hydrogen-bond donors (Lipinski definition) is 1. The highest BCUT2D eigenvalue weighted by Gasteiger charge is 2.21. The van der Waals surface area contributed by atoms with Crippen LogP contribution in [-0.4, -0.2) is 18.4 Å². The number of amides is 2. The lowest BCUT2D eigenvalue weighted by Gasteiger charge is -2.16. The molecule has 1 saturated heterocycles. The van der Waals surface area contributed by atoms with Crippen LogP contribution in [0.4, 0.5) is 11.4 Å². The Kier molecular flexibility index (Phi) is 4.67. The third-order valence-electron chi connectivity index (χ3n) is 5.02. The van der Waals surface area contributed by atoms with Crippen molar-refractivity contribution in [3.63, 3.8) is 0 Å². The molecule has 1 aliphatic rings. The van der Waals surface area contributed by atoms with E-state index in [0.29, 0.717) is 6.42 Å². The highest BCUT2D eigenvalue weighted by Crippen LogP contribution is 2.25. The van der Waals surface area contributed by atoms with Gasteiger partial charge in [0.2, 0.25) is 11.8 Å². The van der Waals surface area contributed by atoms with E-state index in [-0.39, 0.29) is 18.2 Å². The second-order valence-electron chi connectivity index (χ2n) is 6.87. The van der Waals surface area contributed by atoms with Crippen molar-refractivity contribution in [2.45, 2.75) is 32.6 Å². The molecule has 0 bridgehead atoms. The van der Waals surface area contributed by atoms with Crippen LogP contribution < -0.4 is 10.2 Å². The predicted molar refractivity (Wildman–Crippen MR) is 106 cm³/mol. The van der Waals surface area contributed by atoms with Gasteiger partial charge in [0, 0.05) is 35.3 Å². The highest BCUT2D eigenvalue weighted by atomic mass is 16.3. The molecule has 0 aliphatic carbocycles. The van der Waals surface area contributed by atoms with Crippen molar-refractivity contribution in [2.75, 3.05) is 16.8 Å². The summed E-state index contributed by atoms with van der Waals surface area (Å²) in [6.07, 6.45) is 4.37. The largest absolute Gasteiger partial charge is 0.464 e. The Hall–Kier alpha value is -3.08. The zero-order chi connectivity index (χ0) is 18.8. The number of hydrogen-bond acceptors (Lipinski definition) is 3. The van der Waals surface area contributed by atoms with Crippen molar-refractivity contribution in [1.29, 1.82) is 0 Å². The molecule has 0 atom stereocenters. The maximum Gasteiger partial charge on any atom is 0.228 e. The van der Waals surface area contributed by atoms with E-state index in [1.54, 1.807) is 11.2 Å². The smallest absolute Gasteiger partial charge is 0.228 e. The number of aryl methyl sites for hydroxylation is 1. The highest BCUT2D eigenvalue weighted by molar-refractivity contribution is 5.97. The van der Waals surface area contributed by atoms with Crippen LogP contribution in [0.15, 0.2) is 53.1 Å². The van der Waals surface area contributed by atoms with E-state index in [9.17, 15) is 9.59 Å². The van der Waals surface area contributed by atoms with Crippen molar-refractivity contribution < 1.29 is 14.0 Å². The number of rotatable bonds is 5. The monoisotopic (exact) mass is 362 g/mol. The Morgan fingerprint density at radius 2 is 2.00 bits per heavy atom. The van der Waals surface area contributed by atoms with Gasteiger partial charge in [0.15, 0.2) is 0 Å². The van der Waals surface area contributed by atoms with Crippen molar-refractivity contribution in [3.8, 4) is 0 Å². The molecule has 0 radical (unpaired) electrons. The average molecular weight is 362 g/mol. The van der Waals surface area contributed by atoms with Crippen LogP contribution in [0.1, 0.15) is 30.9 Å². The number of nitrogens with one attached hydrogen (secondary N) is 1. The Morgan fingerprint density at radius 3 is 2.70 bits per heavy atom. The maximum absolute atomic E-state index is 12.4. The van der Waals surface area contributed by atoms with E-state index in [1.165, 1.54) is 5.56 Å². The fourth-order valence-corrected chi connectivity index (χ4v) is 3.51. The van der Waals surface area contributed by atoms with E-state index in [4.69, 9.17) is 4.42 Å². The molecule has 4 rings (SSSR count). The summed E-state index contributed by atoms with van der Waals surface area (Å²) < 4.78 is 5.61. The van der Waals surface area contributed by atoms with Gasteiger partial charge in [-0.3, -0.25) is 9.59 Å². The molecule has 1 fully saturated rings. The second-order valence-corrected chi connectivity index (χ2v) is 6.87. The summed E-state index contributed by atoms with van der Waals surface area (Å²) in [7, 11) is 0. The van der Waals surface area contributed by atoms with E-state index in [0.717, 1.165) is 47.3 Å². The van der Waals surface area contributed by atoms with E-state index < -0.39 is 0 Å². The molecule has 5 heteroatoms. The summed E-state index contributed by atoms with van der Waals surface area (Å²) in [6, 6.07) is 13.5. The summed E-state index contributed by atoms with van der Waals surface area (Å²) >= 11 is 0. The Bertz CT molecular complexity index is 988. The first-order valence-electron chi connectivity index (χ1n) is 9.33. The van der Waals surface area contributed by atoms with E-state index in [2.05, 4.69) is 18.3 Å². The fraction of sp³-hybridized carbons (Fsp3) is 0.273. The Labute approximate surface area is 158 Å². The minimum atomic E-state index is -0.0951. The van der Waals surface area contributed by atoms with Crippen LogP contribution in [-0.2, 0) is 22.4 Å². The van der Waals surface area contributed by atoms with Gasteiger partial charge in [-0.15, -0.1) is 0 Å². The molecule has 1 aliphatic heterocycles. The van der Waals surface area contributed by atoms with Gasteiger partial charge < -0.3 is 14.6 Å².